The molecule has 7 nitrogen and oxygen atoms in total. The molecule has 0 saturated carbocycles. The first kappa shape index (κ1) is 23.3. The van der Waals surface area contributed by atoms with Gasteiger partial charge in [0.2, 0.25) is 0 Å². The average Bonchev–Trinajstić information content (AvgIpc) is 3.12. The van der Waals surface area contributed by atoms with E-state index in [4.69, 9.17) is 21.1 Å². The number of hydrogen-bond donors (Lipinski definition) is 2. The van der Waals surface area contributed by atoms with Crippen LogP contribution in [0.5, 0.6) is 5.75 Å². The van der Waals surface area contributed by atoms with Gasteiger partial charge in [-0.25, -0.2) is 4.79 Å². The van der Waals surface area contributed by atoms with Crippen LogP contribution >= 0.6 is 11.6 Å². The molecule has 0 bridgehead atoms. The van der Waals surface area contributed by atoms with Crippen LogP contribution in [0.2, 0.25) is 5.02 Å². The number of nitrogens with one attached hydrogen (secondary N) is 1. The van der Waals surface area contributed by atoms with E-state index in [1.165, 1.54) is 0 Å². The fourth-order valence-corrected chi connectivity index (χ4v) is 3.99. The van der Waals surface area contributed by atoms with Gasteiger partial charge in [0, 0.05) is 43.4 Å². The predicted octanol–water partition coefficient (Wildman–Crippen LogP) is 3.59. The molecule has 31 heavy (non-hydrogen) atoms. The minimum atomic E-state index is -0.781. The molecular formula is C23H30ClN3O4. The third-order valence-electron chi connectivity index (χ3n) is 5.40. The van der Waals surface area contributed by atoms with Crippen molar-refractivity contribution in [3.05, 3.63) is 58.9 Å². The summed E-state index contributed by atoms with van der Waals surface area (Å²) < 4.78 is 10.8. The van der Waals surface area contributed by atoms with Crippen LogP contribution in [-0.4, -0.2) is 53.5 Å². The Morgan fingerprint density at radius 3 is 2.61 bits per heavy atom. The Hall–Kier alpha value is -2.35. The van der Waals surface area contributed by atoms with Crippen molar-refractivity contribution in [1.82, 2.24) is 15.2 Å². The van der Waals surface area contributed by atoms with E-state index in [-0.39, 0.29) is 12.5 Å². The number of hydrogen-bond acceptors (Lipinski definition) is 6. The Morgan fingerprint density at radius 1 is 1.32 bits per heavy atom. The predicted molar refractivity (Wildman–Crippen MR) is 119 cm³/mol. The Balaban J connectivity index is 1.91. The summed E-state index contributed by atoms with van der Waals surface area (Å²) >= 11 is 6.26. The molecule has 1 aromatic carbocycles. The third-order valence-corrected chi connectivity index (χ3v) is 5.63. The molecule has 2 unspecified atom stereocenters. The zero-order chi connectivity index (χ0) is 22.6. The minimum Gasteiger partial charge on any atom is -0.497 e. The number of amides is 1. The Kier molecular flexibility index (Phi) is 7.09. The largest absolute Gasteiger partial charge is 0.497 e. The van der Waals surface area contributed by atoms with Crippen LogP contribution in [0.1, 0.15) is 32.0 Å². The zero-order valence-electron chi connectivity index (χ0n) is 18.4. The highest BCUT2D eigenvalue weighted by atomic mass is 35.5. The first-order chi connectivity index (χ1) is 14.7. The van der Waals surface area contributed by atoms with E-state index in [2.05, 4.69) is 10.3 Å². The summed E-state index contributed by atoms with van der Waals surface area (Å²) in [6, 6.07) is 11.2. The standard InChI is InChI=1S/C23H30ClN3O4/c1-22(2,3)31-21(29)27-13-17(14-28)23(15-27,20-11-18(24)9-10-25-20)26-12-16-5-7-19(30-4)8-6-16/h5-11,17,26,28H,12-15H2,1-4H3. The molecule has 3 rings (SSSR count). The lowest BCUT2D eigenvalue weighted by molar-refractivity contribution is 0.0276. The SMILES string of the molecule is COc1ccc(CNC2(c3cc(Cl)ccn3)CN(C(=O)OC(C)(C)C)CC2CO)cc1. The van der Waals surface area contributed by atoms with Crippen LogP contribution in [0.3, 0.4) is 0 Å². The summed E-state index contributed by atoms with van der Waals surface area (Å²) in [6.07, 6.45) is 1.22. The van der Waals surface area contributed by atoms with E-state index < -0.39 is 17.2 Å². The van der Waals surface area contributed by atoms with Gasteiger partial charge in [-0.05, 0) is 50.6 Å². The summed E-state index contributed by atoms with van der Waals surface area (Å²) in [4.78, 5) is 19.0. The topological polar surface area (TPSA) is 83.9 Å². The fraction of sp³-hybridized carbons (Fsp3) is 0.478. The number of benzene rings is 1. The molecule has 1 fully saturated rings. The summed E-state index contributed by atoms with van der Waals surface area (Å²) in [6.45, 7) is 6.53. The van der Waals surface area contributed by atoms with Crippen molar-refractivity contribution in [2.45, 2.75) is 38.5 Å². The van der Waals surface area contributed by atoms with E-state index in [1.54, 1.807) is 30.3 Å². The number of carbonyl (C=O) groups excluding carboxylic acids is 1. The monoisotopic (exact) mass is 447 g/mol. The van der Waals surface area contributed by atoms with Crippen LogP contribution in [0.15, 0.2) is 42.6 Å². The number of aliphatic hydroxyl groups is 1. The highest BCUT2D eigenvalue weighted by molar-refractivity contribution is 6.30. The van der Waals surface area contributed by atoms with Gasteiger partial charge in [-0.2, -0.15) is 0 Å². The smallest absolute Gasteiger partial charge is 0.410 e. The number of halogens is 1. The van der Waals surface area contributed by atoms with E-state index in [0.717, 1.165) is 11.3 Å². The molecule has 2 atom stereocenters. The number of carbonyl (C=O) groups is 1. The summed E-state index contributed by atoms with van der Waals surface area (Å²) in [5.74, 6) is 0.490. The minimum absolute atomic E-state index is 0.122. The zero-order valence-corrected chi connectivity index (χ0v) is 19.1. The second-order valence-corrected chi connectivity index (χ2v) is 9.21. The van der Waals surface area contributed by atoms with Crippen molar-refractivity contribution in [3.8, 4) is 5.75 Å². The molecule has 1 aliphatic rings. The molecule has 8 heteroatoms. The summed E-state index contributed by atoms with van der Waals surface area (Å²) in [5, 5.41) is 14.3. The van der Waals surface area contributed by atoms with Crippen molar-refractivity contribution >= 4 is 17.7 Å². The summed E-state index contributed by atoms with van der Waals surface area (Å²) in [7, 11) is 1.63. The van der Waals surface area contributed by atoms with Gasteiger partial charge in [-0.3, -0.25) is 4.98 Å². The van der Waals surface area contributed by atoms with Gasteiger partial charge in [0.05, 0.1) is 18.3 Å². The van der Waals surface area contributed by atoms with Crippen LogP contribution in [0.25, 0.3) is 0 Å². The van der Waals surface area contributed by atoms with Gasteiger partial charge in [-0.1, -0.05) is 23.7 Å². The normalized spacial score (nSPS) is 21.2. The van der Waals surface area contributed by atoms with Crippen molar-refractivity contribution < 1.29 is 19.4 Å². The Morgan fingerprint density at radius 2 is 2.03 bits per heavy atom. The number of likely N-dealkylation sites (tertiary alicyclic amines) is 1. The van der Waals surface area contributed by atoms with Crippen molar-refractivity contribution in [1.29, 1.82) is 0 Å². The van der Waals surface area contributed by atoms with Crippen molar-refractivity contribution in [2.75, 3.05) is 26.8 Å². The maximum Gasteiger partial charge on any atom is 0.410 e. The Bertz CT molecular complexity index is 900. The lowest BCUT2D eigenvalue weighted by Gasteiger charge is -2.35. The Labute approximate surface area is 188 Å². The molecule has 1 amide bonds. The molecule has 0 spiro atoms. The molecule has 0 aliphatic carbocycles. The van der Waals surface area contributed by atoms with E-state index >= 15 is 0 Å². The third kappa shape index (κ3) is 5.47. The molecule has 1 saturated heterocycles. The van der Waals surface area contributed by atoms with Gasteiger partial charge in [-0.15, -0.1) is 0 Å². The second-order valence-electron chi connectivity index (χ2n) is 8.77. The van der Waals surface area contributed by atoms with Crippen LogP contribution in [0, 0.1) is 5.92 Å². The molecule has 2 heterocycles. The van der Waals surface area contributed by atoms with Crippen LogP contribution in [0.4, 0.5) is 4.79 Å². The van der Waals surface area contributed by atoms with Crippen LogP contribution < -0.4 is 10.1 Å². The summed E-state index contributed by atoms with van der Waals surface area (Å²) in [5.41, 5.74) is 0.325. The van der Waals surface area contributed by atoms with E-state index in [1.807, 2.05) is 45.0 Å². The fourth-order valence-electron chi connectivity index (χ4n) is 3.83. The quantitative estimate of drug-likeness (QED) is 0.704. The molecule has 1 aromatic heterocycles. The first-order valence-electron chi connectivity index (χ1n) is 10.3. The molecule has 2 aromatic rings. The maximum atomic E-state index is 12.8. The molecule has 168 valence electrons. The molecular weight excluding hydrogens is 418 g/mol. The van der Waals surface area contributed by atoms with Crippen LogP contribution in [-0.2, 0) is 16.8 Å². The van der Waals surface area contributed by atoms with Gasteiger partial charge in [0.25, 0.3) is 0 Å². The lowest BCUT2D eigenvalue weighted by Crippen LogP contribution is -2.50. The van der Waals surface area contributed by atoms with Gasteiger partial charge >= 0.3 is 6.09 Å². The first-order valence-corrected chi connectivity index (χ1v) is 10.6. The van der Waals surface area contributed by atoms with E-state index in [0.29, 0.717) is 30.4 Å². The molecule has 2 N–H and O–H groups in total. The maximum absolute atomic E-state index is 12.8. The number of nitrogens with zero attached hydrogens (tertiary/aromatic N) is 2. The molecule has 0 radical (unpaired) electrons. The van der Waals surface area contributed by atoms with E-state index in [9.17, 15) is 9.90 Å². The van der Waals surface area contributed by atoms with Gasteiger partial charge < -0.3 is 24.8 Å². The number of ether oxygens (including phenoxy) is 2. The van der Waals surface area contributed by atoms with Gasteiger partial charge in [0.1, 0.15) is 11.4 Å². The number of aromatic nitrogens is 1. The highest BCUT2D eigenvalue weighted by Crippen LogP contribution is 2.38. The second kappa shape index (κ2) is 9.42. The number of aliphatic hydroxyl groups excluding tert-OH is 1. The van der Waals surface area contributed by atoms with Crippen molar-refractivity contribution in [3.63, 3.8) is 0 Å². The van der Waals surface area contributed by atoms with Crippen molar-refractivity contribution in [2.24, 2.45) is 5.92 Å². The number of methoxy groups -OCH3 is 1. The molecule has 1 aliphatic heterocycles. The lowest BCUT2D eigenvalue weighted by atomic mass is 9.83. The number of pyridine rings is 1. The number of rotatable bonds is 6. The van der Waals surface area contributed by atoms with Gasteiger partial charge in [0.15, 0.2) is 0 Å². The average molecular weight is 448 g/mol. The highest BCUT2D eigenvalue weighted by Gasteiger charge is 2.50.